The summed E-state index contributed by atoms with van der Waals surface area (Å²) in [6.45, 7) is 4.14. The number of aliphatic hydroxyl groups excluding tert-OH is 1. The van der Waals surface area contributed by atoms with Gasteiger partial charge < -0.3 is 15.5 Å². The standard InChI is InChI=1S/C18H23NO2/c1-13-7-3-4-8-15(13)11-16(12-20)19-14(2)17-9-5-6-10-18(17)21/h3-10,14,16,19-21H,11-12H2,1-2H3. The summed E-state index contributed by atoms with van der Waals surface area (Å²) < 4.78 is 0. The van der Waals surface area contributed by atoms with Crippen LogP contribution < -0.4 is 5.32 Å². The minimum atomic E-state index is -0.0410. The summed E-state index contributed by atoms with van der Waals surface area (Å²) in [6.07, 6.45) is 0.765. The Balaban J connectivity index is 2.06. The van der Waals surface area contributed by atoms with Crippen molar-refractivity contribution in [2.75, 3.05) is 6.61 Å². The fourth-order valence-corrected chi connectivity index (χ4v) is 2.58. The van der Waals surface area contributed by atoms with Gasteiger partial charge in [0, 0.05) is 17.6 Å². The summed E-state index contributed by atoms with van der Waals surface area (Å²) in [4.78, 5) is 0. The van der Waals surface area contributed by atoms with Gasteiger partial charge in [0.1, 0.15) is 5.75 Å². The molecule has 2 unspecified atom stereocenters. The zero-order valence-corrected chi connectivity index (χ0v) is 12.6. The van der Waals surface area contributed by atoms with E-state index >= 15 is 0 Å². The quantitative estimate of drug-likeness (QED) is 0.765. The molecule has 21 heavy (non-hydrogen) atoms. The van der Waals surface area contributed by atoms with Gasteiger partial charge in [0.05, 0.1) is 6.61 Å². The maximum absolute atomic E-state index is 9.90. The van der Waals surface area contributed by atoms with Gasteiger partial charge in [-0.1, -0.05) is 42.5 Å². The van der Waals surface area contributed by atoms with Crippen molar-refractivity contribution < 1.29 is 10.2 Å². The molecule has 2 rings (SSSR count). The van der Waals surface area contributed by atoms with Gasteiger partial charge >= 0.3 is 0 Å². The van der Waals surface area contributed by atoms with Gasteiger partial charge in [-0.15, -0.1) is 0 Å². The van der Waals surface area contributed by atoms with Gasteiger partial charge in [-0.3, -0.25) is 0 Å². The van der Waals surface area contributed by atoms with Crippen molar-refractivity contribution in [1.82, 2.24) is 5.32 Å². The van der Waals surface area contributed by atoms with Crippen molar-refractivity contribution in [3.63, 3.8) is 0 Å². The minimum absolute atomic E-state index is 0.0210. The van der Waals surface area contributed by atoms with Crippen LogP contribution in [0.25, 0.3) is 0 Å². The summed E-state index contributed by atoms with van der Waals surface area (Å²) in [6, 6.07) is 15.4. The Morgan fingerprint density at radius 3 is 2.38 bits per heavy atom. The monoisotopic (exact) mass is 285 g/mol. The van der Waals surface area contributed by atoms with E-state index in [4.69, 9.17) is 0 Å². The van der Waals surface area contributed by atoms with Crippen LogP contribution >= 0.6 is 0 Å². The third kappa shape index (κ3) is 4.06. The molecule has 3 heteroatoms. The second-order valence-corrected chi connectivity index (χ2v) is 5.46. The van der Waals surface area contributed by atoms with Crippen molar-refractivity contribution in [2.24, 2.45) is 0 Å². The number of rotatable bonds is 6. The molecule has 0 amide bonds. The van der Waals surface area contributed by atoms with E-state index in [-0.39, 0.29) is 24.4 Å². The number of aliphatic hydroxyl groups is 1. The molecule has 0 aromatic heterocycles. The fraction of sp³-hybridized carbons (Fsp3) is 0.333. The fourth-order valence-electron chi connectivity index (χ4n) is 2.58. The normalized spacial score (nSPS) is 13.9. The van der Waals surface area contributed by atoms with Crippen LogP contribution in [0.2, 0.25) is 0 Å². The van der Waals surface area contributed by atoms with Gasteiger partial charge in [0.2, 0.25) is 0 Å². The van der Waals surface area contributed by atoms with E-state index in [1.165, 1.54) is 11.1 Å². The third-order valence-corrected chi connectivity index (χ3v) is 3.84. The Labute approximate surface area is 126 Å². The van der Waals surface area contributed by atoms with Crippen LogP contribution in [0.3, 0.4) is 0 Å². The molecule has 0 aliphatic carbocycles. The lowest BCUT2D eigenvalue weighted by Crippen LogP contribution is -2.36. The van der Waals surface area contributed by atoms with Crippen LogP contribution in [-0.4, -0.2) is 22.9 Å². The number of hydrogen-bond donors (Lipinski definition) is 3. The summed E-state index contributed by atoms with van der Waals surface area (Å²) in [5.74, 6) is 0.282. The maximum Gasteiger partial charge on any atom is 0.120 e. The highest BCUT2D eigenvalue weighted by Crippen LogP contribution is 2.24. The van der Waals surface area contributed by atoms with E-state index < -0.39 is 0 Å². The number of hydrogen-bond acceptors (Lipinski definition) is 3. The Morgan fingerprint density at radius 2 is 1.71 bits per heavy atom. The number of aryl methyl sites for hydroxylation is 1. The Hall–Kier alpha value is -1.84. The Bertz CT molecular complexity index is 583. The van der Waals surface area contributed by atoms with Crippen molar-refractivity contribution in [3.8, 4) is 5.75 Å². The van der Waals surface area contributed by atoms with E-state index in [1.54, 1.807) is 6.07 Å². The van der Waals surface area contributed by atoms with Gasteiger partial charge in [0.15, 0.2) is 0 Å². The zero-order chi connectivity index (χ0) is 15.2. The number of benzene rings is 2. The first-order valence-corrected chi connectivity index (χ1v) is 7.31. The average molecular weight is 285 g/mol. The molecule has 0 spiro atoms. The molecule has 3 N–H and O–H groups in total. The molecular weight excluding hydrogens is 262 g/mol. The first kappa shape index (κ1) is 15.5. The Morgan fingerprint density at radius 1 is 1.05 bits per heavy atom. The largest absolute Gasteiger partial charge is 0.508 e. The molecule has 0 heterocycles. The summed E-state index contributed by atoms with van der Waals surface area (Å²) in [7, 11) is 0. The lowest BCUT2D eigenvalue weighted by molar-refractivity contribution is 0.232. The first-order chi connectivity index (χ1) is 10.1. The molecule has 0 saturated heterocycles. The van der Waals surface area contributed by atoms with Gasteiger partial charge in [-0.25, -0.2) is 0 Å². The van der Waals surface area contributed by atoms with Crippen LogP contribution in [0.1, 0.15) is 29.7 Å². The van der Waals surface area contributed by atoms with E-state index in [0.717, 1.165) is 12.0 Å². The average Bonchev–Trinajstić information content (AvgIpc) is 2.49. The van der Waals surface area contributed by atoms with E-state index in [2.05, 4.69) is 24.4 Å². The molecule has 2 aromatic carbocycles. The van der Waals surface area contributed by atoms with Crippen LogP contribution in [-0.2, 0) is 6.42 Å². The summed E-state index contributed by atoms with van der Waals surface area (Å²) in [5, 5.41) is 22.9. The van der Waals surface area contributed by atoms with Gasteiger partial charge in [-0.2, -0.15) is 0 Å². The lowest BCUT2D eigenvalue weighted by Gasteiger charge is -2.23. The molecule has 112 valence electrons. The van der Waals surface area contributed by atoms with Crippen LogP contribution in [0.4, 0.5) is 0 Å². The molecule has 0 bridgehead atoms. The maximum atomic E-state index is 9.90. The third-order valence-electron chi connectivity index (χ3n) is 3.84. The molecule has 2 aromatic rings. The summed E-state index contributed by atoms with van der Waals surface area (Å²) in [5.41, 5.74) is 3.31. The molecule has 2 atom stereocenters. The molecule has 0 saturated carbocycles. The van der Waals surface area contributed by atoms with Crippen molar-refractivity contribution in [1.29, 1.82) is 0 Å². The number of phenolic OH excluding ortho intramolecular Hbond substituents is 1. The van der Waals surface area contributed by atoms with Crippen molar-refractivity contribution in [2.45, 2.75) is 32.4 Å². The van der Waals surface area contributed by atoms with Gasteiger partial charge in [-0.05, 0) is 37.5 Å². The first-order valence-electron chi connectivity index (χ1n) is 7.31. The summed E-state index contributed by atoms with van der Waals surface area (Å²) >= 11 is 0. The predicted octanol–water partition coefficient (Wildman–Crippen LogP) is 2.95. The van der Waals surface area contributed by atoms with Gasteiger partial charge in [0.25, 0.3) is 0 Å². The Kier molecular flexibility index (Phi) is 5.37. The highest BCUT2D eigenvalue weighted by Gasteiger charge is 2.16. The van der Waals surface area contributed by atoms with Crippen LogP contribution in [0.15, 0.2) is 48.5 Å². The number of aromatic hydroxyl groups is 1. The SMILES string of the molecule is Cc1ccccc1CC(CO)NC(C)c1ccccc1O. The highest BCUT2D eigenvalue weighted by molar-refractivity contribution is 5.34. The second-order valence-electron chi connectivity index (χ2n) is 5.46. The number of nitrogens with one attached hydrogen (secondary N) is 1. The van der Waals surface area contributed by atoms with E-state index in [1.807, 2.05) is 37.3 Å². The molecule has 0 fully saturated rings. The minimum Gasteiger partial charge on any atom is -0.508 e. The van der Waals surface area contributed by atoms with E-state index in [0.29, 0.717) is 0 Å². The lowest BCUT2D eigenvalue weighted by atomic mass is 10.00. The molecule has 0 aliphatic heterocycles. The number of para-hydroxylation sites is 1. The van der Waals surface area contributed by atoms with Crippen LogP contribution in [0.5, 0.6) is 5.75 Å². The van der Waals surface area contributed by atoms with Crippen molar-refractivity contribution >= 4 is 0 Å². The molecule has 3 nitrogen and oxygen atoms in total. The highest BCUT2D eigenvalue weighted by atomic mass is 16.3. The van der Waals surface area contributed by atoms with E-state index in [9.17, 15) is 10.2 Å². The van der Waals surface area contributed by atoms with Crippen LogP contribution in [0, 0.1) is 6.92 Å². The smallest absolute Gasteiger partial charge is 0.120 e. The second kappa shape index (κ2) is 7.25. The molecule has 0 aliphatic rings. The zero-order valence-electron chi connectivity index (χ0n) is 12.6. The molecule has 0 radical (unpaired) electrons. The van der Waals surface area contributed by atoms with Crippen molar-refractivity contribution in [3.05, 3.63) is 65.2 Å². The molecular formula is C18H23NO2. The topological polar surface area (TPSA) is 52.5 Å². The predicted molar refractivity (Wildman–Crippen MR) is 85.4 cm³/mol. The number of phenols is 1.